The Kier molecular flexibility index (Phi) is 5.46. The zero-order chi connectivity index (χ0) is 19.8. The molecule has 1 aliphatic carbocycles. The topological polar surface area (TPSA) is 62.5 Å². The van der Waals surface area contributed by atoms with Gasteiger partial charge in [0.1, 0.15) is 0 Å². The number of rotatable bonds is 4. The molecule has 0 aromatic carbocycles. The van der Waals surface area contributed by atoms with Gasteiger partial charge in [-0.3, -0.25) is 14.7 Å². The molecule has 0 spiro atoms. The van der Waals surface area contributed by atoms with Crippen LogP contribution < -0.4 is 5.73 Å². The average molecular weight is 371 g/mol. The molecule has 1 saturated heterocycles. The van der Waals surface area contributed by atoms with E-state index >= 15 is 0 Å². The van der Waals surface area contributed by atoms with E-state index in [1.54, 1.807) is 0 Å². The fourth-order valence-corrected chi connectivity index (χ4v) is 4.06. The molecule has 0 bridgehead atoms. The van der Waals surface area contributed by atoms with Crippen LogP contribution in [0, 0.1) is 5.41 Å². The summed E-state index contributed by atoms with van der Waals surface area (Å²) in [7, 11) is 2.17. The van der Waals surface area contributed by atoms with Crippen LogP contribution in [0.15, 0.2) is 18.2 Å². The molecule has 2 heterocycles. The number of allylic oxidation sites excluding steroid dienone is 2. The molecule has 0 atom stereocenters. The number of carbonyl (C=O) groups is 1. The van der Waals surface area contributed by atoms with E-state index in [0.717, 1.165) is 56.8 Å². The molecule has 1 aliphatic heterocycles. The third-order valence-electron chi connectivity index (χ3n) is 6.36. The highest BCUT2D eigenvalue weighted by atomic mass is 16.1. The van der Waals surface area contributed by atoms with Gasteiger partial charge in [-0.2, -0.15) is 0 Å². The van der Waals surface area contributed by atoms with Crippen molar-refractivity contribution in [3.8, 4) is 0 Å². The highest BCUT2D eigenvalue weighted by Gasteiger charge is 2.33. The van der Waals surface area contributed by atoms with Crippen molar-refractivity contribution in [2.24, 2.45) is 11.1 Å². The molecule has 2 N–H and O–H groups in total. The summed E-state index contributed by atoms with van der Waals surface area (Å²) < 4.78 is 0. The maximum absolute atomic E-state index is 12.0. The van der Waals surface area contributed by atoms with Gasteiger partial charge in [0.15, 0.2) is 0 Å². The van der Waals surface area contributed by atoms with Gasteiger partial charge >= 0.3 is 0 Å². The van der Waals surface area contributed by atoms with Crippen LogP contribution in [0.3, 0.4) is 0 Å². The molecule has 1 aromatic heterocycles. The Balaban J connectivity index is 1.96. The number of nitrogens with zero attached hydrogens (tertiary/aromatic N) is 3. The molecular weight excluding hydrogens is 336 g/mol. The third-order valence-corrected chi connectivity index (χ3v) is 6.36. The molecule has 1 fully saturated rings. The van der Waals surface area contributed by atoms with Crippen LogP contribution in [0.1, 0.15) is 68.7 Å². The molecule has 0 unspecified atom stereocenters. The first-order valence-corrected chi connectivity index (χ1v) is 10.0. The molecule has 27 heavy (non-hydrogen) atoms. The first-order valence-electron chi connectivity index (χ1n) is 10.0. The van der Waals surface area contributed by atoms with E-state index < -0.39 is 5.91 Å². The van der Waals surface area contributed by atoms with Gasteiger partial charge in [-0.15, -0.1) is 0 Å². The Hall–Kier alpha value is -1.72. The molecule has 1 aromatic rings. The summed E-state index contributed by atoms with van der Waals surface area (Å²) in [4.78, 5) is 21.9. The van der Waals surface area contributed by atoms with E-state index in [4.69, 9.17) is 10.7 Å². The summed E-state index contributed by atoms with van der Waals surface area (Å²) in [6.07, 6.45) is 5.31. The predicted molar refractivity (Wildman–Crippen MR) is 110 cm³/mol. The van der Waals surface area contributed by atoms with Crippen LogP contribution in [-0.2, 0) is 5.54 Å². The number of amides is 1. The van der Waals surface area contributed by atoms with E-state index in [9.17, 15) is 4.79 Å². The quantitative estimate of drug-likeness (QED) is 0.884. The van der Waals surface area contributed by atoms with Crippen molar-refractivity contribution < 1.29 is 4.79 Å². The highest BCUT2D eigenvalue weighted by Crippen LogP contribution is 2.39. The first kappa shape index (κ1) is 20.0. The monoisotopic (exact) mass is 370 g/mol. The van der Waals surface area contributed by atoms with E-state index in [-0.39, 0.29) is 5.54 Å². The zero-order valence-electron chi connectivity index (χ0n) is 17.5. The smallest absolute Gasteiger partial charge is 0.250 e. The molecule has 5 heteroatoms. The van der Waals surface area contributed by atoms with Crippen molar-refractivity contribution in [3.63, 3.8) is 0 Å². The Morgan fingerprint density at radius 1 is 1.19 bits per heavy atom. The number of hydrogen-bond donors (Lipinski definition) is 1. The van der Waals surface area contributed by atoms with Gasteiger partial charge in [-0.1, -0.05) is 19.9 Å². The Bertz CT molecular complexity index is 743. The van der Waals surface area contributed by atoms with Crippen LogP contribution in [0.4, 0.5) is 0 Å². The van der Waals surface area contributed by atoms with Gasteiger partial charge in [-0.25, -0.2) is 0 Å². The number of carbonyl (C=O) groups excluding carboxylic acids is 1. The van der Waals surface area contributed by atoms with Gasteiger partial charge in [-0.05, 0) is 63.3 Å². The SMILES string of the molecule is CN1CCN(C(C)(C)c2ccc(C(N)=O)c(C3=CCC(C)(C)CC3)n2)CC1. The normalized spacial score (nSPS) is 21.7. The standard InChI is InChI=1S/C22H34N4O/c1-21(2)10-8-16(9-11-21)19-17(20(23)27)6-7-18(24-19)22(3,4)26-14-12-25(5)13-15-26/h6-8H,9-15H2,1-5H3,(H2,23,27). The van der Waals surface area contributed by atoms with Crippen LogP contribution >= 0.6 is 0 Å². The van der Waals surface area contributed by atoms with Crippen molar-refractivity contribution in [1.29, 1.82) is 0 Å². The lowest BCUT2D eigenvalue weighted by molar-refractivity contribution is 0.0579. The van der Waals surface area contributed by atoms with Gasteiger partial charge in [0.05, 0.1) is 22.5 Å². The summed E-state index contributed by atoms with van der Waals surface area (Å²) in [5.41, 5.74) is 9.31. The fourth-order valence-electron chi connectivity index (χ4n) is 4.06. The number of primary amides is 1. The number of hydrogen-bond acceptors (Lipinski definition) is 4. The van der Waals surface area contributed by atoms with Crippen LogP contribution in [0.2, 0.25) is 0 Å². The first-order chi connectivity index (χ1) is 12.6. The summed E-state index contributed by atoms with van der Waals surface area (Å²) in [5.74, 6) is -0.396. The minimum Gasteiger partial charge on any atom is -0.366 e. The summed E-state index contributed by atoms with van der Waals surface area (Å²) >= 11 is 0. The maximum Gasteiger partial charge on any atom is 0.250 e. The lowest BCUT2D eigenvalue weighted by atomic mass is 9.77. The Morgan fingerprint density at radius 3 is 2.41 bits per heavy atom. The van der Waals surface area contributed by atoms with Crippen molar-refractivity contribution in [2.45, 2.75) is 52.5 Å². The minimum atomic E-state index is -0.396. The summed E-state index contributed by atoms with van der Waals surface area (Å²) in [6.45, 7) is 13.2. The predicted octanol–water partition coefficient (Wildman–Crippen LogP) is 3.26. The van der Waals surface area contributed by atoms with E-state index in [0.29, 0.717) is 11.0 Å². The van der Waals surface area contributed by atoms with Gasteiger partial charge in [0.2, 0.25) is 0 Å². The number of nitrogens with two attached hydrogens (primary N) is 1. The Labute approximate surface area is 163 Å². The maximum atomic E-state index is 12.0. The van der Waals surface area contributed by atoms with Crippen LogP contribution in [-0.4, -0.2) is 53.9 Å². The minimum absolute atomic E-state index is 0.180. The highest BCUT2D eigenvalue weighted by molar-refractivity contribution is 5.97. The van der Waals surface area contributed by atoms with Gasteiger partial charge in [0.25, 0.3) is 5.91 Å². The van der Waals surface area contributed by atoms with Crippen LogP contribution in [0.5, 0.6) is 0 Å². The van der Waals surface area contributed by atoms with E-state index in [1.807, 2.05) is 12.1 Å². The molecule has 5 nitrogen and oxygen atoms in total. The largest absolute Gasteiger partial charge is 0.366 e. The van der Waals surface area contributed by atoms with E-state index in [2.05, 4.69) is 50.6 Å². The second-order valence-electron chi connectivity index (χ2n) is 9.40. The molecule has 3 rings (SSSR count). The fraction of sp³-hybridized carbons (Fsp3) is 0.636. The number of pyridine rings is 1. The molecule has 148 valence electrons. The second-order valence-corrected chi connectivity index (χ2v) is 9.40. The summed E-state index contributed by atoms with van der Waals surface area (Å²) in [6, 6.07) is 3.85. The Morgan fingerprint density at radius 2 is 1.85 bits per heavy atom. The molecule has 0 saturated carbocycles. The molecule has 1 amide bonds. The van der Waals surface area contributed by atoms with Crippen LogP contribution in [0.25, 0.3) is 5.57 Å². The molecule has 2 aliphatic rings. The summed E-state index contributed by atoms with van der Waals surface area (Å²) in [5, 5.41) is 0. The zero-order valence-corrected chi connectivity index (χ0v) is 17.5. The second kappa shape index (κ2) is 7.36. The number of aromatic nitrogens is 1. The van der Waals surface area contributed by atoms with Gasteiger partial charge in [0, 0.05) is 26.2 Å². The van der Waals surface area contributed by atoms with Gasteiger partial charge < -0.3 is 10.6 Å². The van der Waals surface area contributed by atoms with Crippen molar-refractivity contribution in [1.82, 2.24) is 14.8 Å². The number of likely N-dealkylation sites (N-methyl/N-ethyl adjacent to an activating group) is 1. The molecular formula is C22H34N4O. The molecule has 0 radical (unpaired) electrons. The number of piperazine rings is 1. The third kappa shape index (κ3) is 4.25. The lowest BCUT2D eigenvalue weighted by Crippen LogP contribution is -2.52. The van der Waals surface area contributed by atoms with E-state index in [1.165, 1.54) is 5.57 Å². The lowest BCUT2D eigenvalue weighted by Gasteiger charge is -2.43. The average Bonchev–Trinajstić information content (AvgIpc) is 2.61. The van der Waals surface area contributed by atoms with Crippen molar-refractivity contribution in [3.05, 3.63) is 35.2 Å². The van der Waals surface area contributed by atoms with Crippen molar-refractivity contribution in [2.75, 3.05) is 33.2 Å². The van der Waals surface area contributed by atoms with Crippen molar-refractivity contribution >= 4 is 11.5 Å².